The Kier molecular flexibility index (Phi) is 5.40. The number of aliphatic hydroxyl groups excluding tert-OH is 5. The molecule has 8 nitrogen and oxygen atoms in total. The number of para-hydroxylation sites is 1. The average molecular weight is 327 g/mol. The van der Waals surface area contributed by atoms with Crippen LogP contribution in [0.3, 0.4) is 0 Å². The zero-order valence-corrected chi connectivity index (χ0v) is 12.2. The van der Waals surface area contributed by atoms with Crippen LogP contribution in [0.1, 0.15) is 0 Å². The smallest absolute Gasteiger partial charge is 0.191 e. The zero-order chi connectivity index (χ0) is 16.3. The Bertz CT molecular complexity index is 538. The Hall–Kier alpha value is -1.62. The number of aliphatic hydroxyl groups is 5. The lowest BCUT2D eigenvalue weighted by molar-refractivity contribution is -0.130. The predicted octanol–water partition coefficient (Wildman–Crippen LogP) is -1.85. The third kappa shape index (κ3) is 3.58. The van der Waals surface area contributed by atoms with Gasteiger partial charge in [-0.25, -0.2) is 0 Å². The first kappa shape index (κ1) is 16.7. The summed E-state index contributed by atoms with van der Waals surface area (Å²) in [6, 6.07) is 8.99. The standard InChI is InChI=1S/C13H17N3O5S/c17-8-7(9(18)11(20)12(21)10(8)19)15-16-13(22)14-6-4-2-1-3-5-6/h1-5,8-12,17-21H,(H2,14,16,22)/t8-,9+,10-,11-,12?/m1/s1. The van der Waals surface area contributed by atoms with Gasteiger partial charge in [-0.1, -0.05) is 18.2 Å². The van der Waals surface area contributed by atoms with Crippen molar-refractivity contribution in [3.63, 3.8) is 0 Å². The summed E-state index contributed by atoms with van der Waals surface area (Å²) in [5.41, 5.74) is 2.79. The van der Waals surface area contributed by atoms with Crippen LogP contribution >= 0.6 is 12.2 Å². The van der Waals surface area contributed by atoms with E-state index in [0.717, 1.165) is 0 Å². The second-order valence-electron chi connectivity index (χ2n) is 4.83. The lowest BCUT2D eigenvalue weighted by Crippen LogP contribution is -2.62. The van der Waals surface area contributed by atoms with Crippen molar-refractivity contribution in [3.05, 3.63) is 30.3 Å². The molecule has 0 saturated heterocycles. The molecule has 7 N–H and O–H groups in total. The first-order chi connectivity index (χ1) is 10.4. The van der Waals surface area contributed by atoms with Crippen LogP contribution in [0.2, 0.25) is 0 Å². The predicted molar refractivity (Wildman–Crippen MR) is 83.3 cm³/mol. The topological polar surface area (TPSA) is 138 Å². The van der Waals surface area contributed by atoms with E-state index in [4.69, 9.17) is 12.2 Å². The maximum atomic E-state index is 9.78. The van der Waals surface area contributed by atoms with Gasteiger partial charge >= 0.3 is 0 Å². The van der Waals surface area contributed by atoms with Gasteiger partial charge in [-0.05, 0) is 24.4 Å². The van der Waals surface area contributed by atoms with Crippen LogP contribution in [0, 0.1) is 0 Å². The Balaban J connectivity index is 2.03. The molecule has 120 valence electrons. The largest absolute Gasteiger partial charge is 0.387 e. The highest BCUT2D eigenvalue weighted by atomic mass is 32.1. The average Bonchev–Trinajstić information content (AvgIpc) is 2.52. The number of thiocarbonyl (C=S) groups is 1. The number of benzene rings is 1. The van der Waals surface area contributed by atoms with Gasteiger partial charge < -0.3 is 30.8 Å². The van der Waals surface area contributed by atoms with Gasteiger partial charge in [-0.15, -0.1) is 0 Å². The quantitative estimate of drug-likeness (QED) is 0.248. The summed E-state index contributed by atoms with van der Waals surface area (Å²) in [7, 11) is 0. The normalized spacial score (nSPS) is 33.5. The van der Waals surface area contributed by atoms with Gasteiger partial charge in [-0.3, -0.25) is 5.43 Å². The van der Waals surface area contributed by atoms with Crippen LogP contribution in [0.15, 0.2) is 35.4 Å². The SMILES string of the molecule is OC1[C@H](O)[C@H](O)C(=NNC(=S)Nc2ccccc2)[C@H](O)[C@H]1O. The fraction of sp³-hybridized carbons (Fsp3) is 0.385. The van der Waals surface area contributed by atoms with E-state index >= 15 is 0 Å². The Morgan fingerprint density at radius 2 is 1.45 bits per heavy atom. The molecule has 0 spiro atoms. The van der Waals surface area contributed by atoms with Crippen LogP contribution in [-0.2, 0) is 0 Å². The molecule has 1 unspecified atom stereocenters. The van der Waals surface area contributed by atoms with Crippen molar-refractivity contribution >= 4 is 28.7 Å². The first-order valence-corrected chi connectivity index (χ1v) is 6.92. The summed E-state index contributed by atoms with van der Waals surface area (Å²) in [5, 5.41) is 54.8. The highest BCUT2D eigenvalue weighted by molar-refractivity contribution is 7.80. The first-order valence-electron chi connectivity index (χ1n) is 6.51. The molecule has 0 bridgehead atoms. The fourth-order valence-corrected chi connectivity index (χ4v) is 2.19. The van der Waals surface area contributed by atoms with Crippen LogP contribution in [0.4, 0.5) is 5.69 Å². The maximum Gasteiger partial charge on any atom is 0.191 e. The van der Waals surface area contributed by atoms with E-state index in [2.05, 4.69) is 15.8 Å². The highest BCUT2D eigenvalue weighted by Crippen LogP contribution is 2.19. The van der Waals surface area contributed by atoms with Crippen molar-refractivity contribution in [1.82, 2.24) is 5.43 Å². The van der Waals surface area contributed by atoms with E-state index in [1.54, 1.807) is 24.3 Å². The van der Waals surface area contributed by atoms with Crippen molar-refractivity contribution < 1.29 is 25.5 Å². The van der Waals surface area contributed by atoms with E-state index in [-0.39, 0.29) is 10.8 Å². The Morgan fingerprint density at radius 1 is 0.909 bits per heavy atom. The number of anilines is 1. The molecule has 0 aliphatic heterocycles. The number of nitrogens with one attached hydrogen (secondary N) is 2. The molecular weight excluding hydrogens is 310 g/mol. The number of hydrogen-bond acceptors (Lipinski definition) is 7. The lowest BCUT2D eigenvalue weighted by atomic mass is 9.86. The minimum Gasteiger partial charge on any atom is -0.387 e. The summed E-state index contributed by atoms with van der Waals surface area (Å²) in [5.74, 6) is 0. The van der Waals surface area contributed by atoms with Crippen LogP contribution in [0.25, 0.3) is 0 Å². The summed E-state index contributed by atoms with van der Waals surface area (Å²) in [6.45, 7) is 0. The van der Waals surface area contributed by atoms with Gasteiger partial charge in [0.2, 0.25) is 0 Å². The summed E-state index contributed by atoms with van der Waals surface area (Å²) in [4.78, 5) is 0. The molecule has 1 aromatic carbocycles. The molecule has 5 atom stereocenters. The maximum absolute atomic E-state index is 9.78. The Labute approximate surface area is 131 Å². The van der Waals surface area contributed by atoms with E-state index in [0.29, 0.717) is 5.69 Å². The molecule has 9 heteroatoms. The van der Waals surface area contributed by atoms with Gasteiger partial charge in [0.05, 0.1) is 0 Å². The van der Waals surface area contributed by atoms with Crippen molar-refractivity contribution in [2.45, 2.75) is 30.5 Å². The fourth-order valence-electron chi connectivity index (χ4n) is 2.03. The molecule has 1 aromatic rings. The van der Waals surface area contributed by atoms with E-state index < -0.39 is 30.5 Å². The van der Waals surface area contributed by atoms with Gasteiger partial charge in [0, 0.05) is 5.69 Å². The van der Waals surface area contributed by atoms with E-state index in [1.807, 2.05) is 6.07 Å². The molecule has 2 rings (SSSR count). The number of nitrogens with zero attached hydrogens (tertiary/aromatic N) is 1. The molecule has 0 aromatic heterocycles. The van der Waals surface area contributed by atoms with Gasteiger partial charge in [0.1, 0.15) is 36.2 Å². The summed E-state index contributed by atoms with van der Waals surface area (Å²) >= 11 is 5.00. The molecule has 22 heavy (non-hydrogen) atoms. The number of hydrazone groups is 1. The summed E-state index contributed by atoms with van der Waals surface area (Å²) < 4.78 is 0. The van der Waals surface area contributed by atoms with Crippen molar-refractivity contribution in [3.8, 4) is 0 Å². The second-order valence-corrected chi connectivity index (χ2v) is 5.24. The molecule has 0 radical (unpaired) electrons. The van der Waals surface area contributed by atoms with Crippen molar-refractivity contribution in [2.75, 3.05) is 5.32 Å². The summed E-state index contributed by atoms with van der Waals surface area (Å²) in [6.07, 6.45) is -8.23. The lowest BCUT2D eigenvalue weighted by Gasteiger charge is -2.36. The molecular formula is C13H17N3O5S. The van der Waals surface area contributed by atoms with E-state index in [1.165, 1.54) is 0 Å². The van der Waals surface area contributed by atoms with Crippen LogP contribution in [-0.4, -0.2) is 66.9 Å². The van der Waals surface area contributed by atoms with Crippen molar-refractivity contribution in [2.24, 2.45) is 5.10 Å². The van der Waals surface area contributed by atoms with Gasteiger partial charge in [-0.2, -0.15) is 5.10 Å². The number of rotatable bonds is 2. The Morgan fingerprint density at radius 3 is 2.00 bits per heavy atom. The zero-order valence-electron chi connectivity index (χ0n) is 11.4. The van der Waals surface area contributed by atoms with Gasteiger partial charge in [0.15, 0.2) is 5.11 Å². The van der Waals surface area contributed by atoms with Crippen LogP contribution in [0.5, 0.6) is 0 Å². The third-order valence-corrected chi connectivity index (χ3v) is 3.46. The third-order valence-electron chi connectivity index (χ3n) is 3.27. The minimum atomic E-state index is -1.67. The van der Waals surface area contributed by atoms with Crippen LogP contribution < -0.4 is 10.7 Å². The number of hydrogen-bond donors (Lipinski definition) is 7. The molecule has 1 saturated carbocycles. The molecule has 1 aliphatic rings. The molecule has 1 fully saturated rings. The second kappa shape index (κ2) is 7.09. The van der Waals surface area contributed by atoms with Crippen molar-refractivity contribution in [1.29, 1.82) is 0 Å². The van der Waals surface area contributed by atoms with Gasteiger partial charge in [0.25, 0.3) is 0 Å². The molecule has 1 aliphatic carbocycles. The highest BCUT2D eigenvalue weighted by Gasteiger charge is 2.46. The minimum absolute atomic E-state index is 0.0909. The molecule has 0 heterocycles. The van der Waals surface area contributed by atoms with E-state index in [9.17, 15) is 25.5 Å². The molecule has 0 amide bonds. The monoisotopic (exact) mass is 327 g/mol.